The lowest BCUT2D eigenvalue weighted by molar-refractivity contribution is -0.144. The van der Waals surface area contributed by atoms with Gasteiger partial charge in [-0.25, -0.2) is 4.79 Å². The lowest BCUT2D eigenvalue weighted by Crippen LogP contribution is -2.31. The minimum Gasteiger partial charge on any atom is -0.466 e. The van der Waals surface area contributed by atoms with Crippen molar-refractivity contribution in [3.63, 3.8) is 0 Å². The van der Waals surface area contributed by atoms with Gasteiger partial charge in [0.2, 0.25) is 5.91 Å². The fourth-order valence-electron chi connectivity index (χ4n) is 4.90. The Morgan fingerprint density at radius 3 is 2.46 bits per heavy atom. The number of methoxy groups -OCH3 is 1. The van der Waals surface area contributed by atoms with Crippen molar-refractivity contribution in [2.45, 2.75) is 45.7 Å². The number of hydrogen-bond donors (Lipinski definition) is 0. The largest absolute Gasteiger partial charge is 0.466 e. The fourth-order valence-corrected chi connectivity index (χ4v) is 4.90. The van der Waals surface area contributed by atoms with Crippen LogP contribution in [0.5, 0.6) is 11.5 Å². The van der Waals surface area contributed by atoms with Gasteiger partial charge in [0.1, 0.15) is 11.5 Å². The highest BCUT2D eigenvalue weighted by atomic mass is 16.5. The molecule has 2 amide bonds. The zero-order chi connectivity index (χ0) is 28.1. The summed E-state index contributed by atoms with van der Waals surface area (Å²) in [7, 11) is 3.08. The van der Waals surface area contributed by atoms with E-state index in [0.29, 0.717) is 30.2 Å². The first-order valence-electron chi connectivity index (χ1n) is 13.0. The monoisotopic (exact) mass is 530 g/mol. The van der Waals surface area contributed by atoms with Crippen molar-refractivity contribution in [3.05, 3.63) is 89.0 Å². The molecule has 2 atom stereocenters. The summed E-state index contributed by atoms with van der Waals surface area (Å²) in [4.78, 5) is 40.9. The summed E-state index contributed by atoms with van der Waals surface area (Å²) in [6.45, 7) is 5.65. The third-order valence-corrected chi connectivity index (χ3v) is 7.07. The number of benzene rings is 3. The number of fused-ring (bicyclic) bond motifs is 1. The summed E-state index contributed by atoms with van der Waals surface area (Å²) in [5, 5.41) is 0. The Balaban J connectivity index is 1.78. The third-order valence-electron chi connectivity index (χ3n) is 7.07. The van der Waals surface area contributed by atoms with Crippen LogP contribution in [0.25, 0.3) is 0 Å². The molecule has 3 aromatic carbocycles. The second kappa shape index (κ2) is 12.0. The summed E-state index contributed by atoms with van der Waals surface area (Å²) in [5.41, 5.74) is 4.18. The quantitative estimate of drug-likeness (QED) is 0.333. The maximum absolute atomic E-state index is 12.9. The Bertz CT molecular complexity index is 1360. The van der Waals surface area contributed by atoms with Gasteiger partial charge in [-0.05, 0) is 55.7 Å². The molecule has 3 aromatic rings. The minimum atomic E-state index is -0.459. The maximum Gasteiger partial charge on any atom is 0.410 e. The van der Waals surface area contributed by atoms with Gasteiger partial charge >= 0.3 is 12.1 Å². The van der Waals surface area contributed by atoms with Gasteiger partial charge < -0.3 is 19.1 Å². The van der Waals surface area contributed by atoms with Crippen molar-refractivity contribution in [3.8, 4) is 11.5 Å². The van der Waals surface area contributed by atoms with E-state index in [1.165, 1.54) is 14.0 Å². The molecule has 0 spiro atoms. The Kier molecular flexibility index (Phi) is 8.54. The van der Waals surface area contributed by atoms with E-state index >= 15 is 0 Å². The van der Waals surface area contributed by atoms with E-state index in [0.717, 1.165) is 22.3 Å². The Morgan fingerprint density at radius 2 is 1.79 bits per heavy atom. The van der Waals surface area contributed by atoms with E-state index in [-0.39, 0.29) is 24.5 Å². The molecular formula is C31H34N2O6. The van der Waals surface area contributed by atoms with Crippen LogP contribution in [-0.4, -0.2) is 43.6 Å². The number of rotatable bonds is 8. The predicted molar refractivity (Wildman–Crippen MR) is 148 cm³/mol. The fraction of sp³-hybridized carbons (Fsp3) is 0.323. The second-order valence-corrected chi connectivity index (χ2v) is 9.50. The van der Waals surface area contributed by atoms with E-state index in [9.17, 15) is 14.4 Å². The second-order valence-electron chi connectivity index (χ2n) is 9.50. The first kappa shape index (κ1) is 27.7. The first-order chi connectivity index (χ1) is 18.7. The molecule has 0 saturated carbocycles. The summed E-state index contributed by atoms with van der Waals surface area (Å²) in [5.74, 6) is 0.243. The number of esters is 1. The molecule has 0 aliphatic carbocycles. The van der Waals surface area contributed by atoms with E-state index in [1.807, 2.05) is 66.7 Å². The van der Waals surface area contributed by atoms with Crippen LogP contribution >= 0.6 is 0 Å². The molecule has 8 nitrogen and oxygen atoms in total. The van der Waals surface area contributed by atoms with Gasteiger partial charge in [0, 0.05) is 30.8 Å². The van der Waals surface area contributed by atoms with Gasteiger partial charge in [-0.1, -0.05) is 42.5 Å². The summed E-state index contributed by atoms with van der Waals surface area (Å²) in [6, 6.07) is 20.5. The minimum absolute atomic E-state index is 0.124. The Hall–Kier alpha value is -4.33. The number of amides is 2. The van der Waals surface area contributed by atoms with Gasteiger partial charge in [-0.3, -0.25) is 14.5 Å². The molecule has 0 aromatic heterocycles. The van der Waals surface area contributed by atoms with Crippen molar-refractivity contribution < 1.29 is 28.6 Å². The van der Waals surface area contributed by atoms with E-state index < -0.39 is 12.0 Å². The number of hydrogen-bond acceptors (Lipinski definition) is 6. The molecular weight excluding hydrogens is 496 g/mol. The van der Waals surface area contributed by atoms with Gasteiger partial charge in [-0.15, -0.1) is 0 Å². The lowest BCUT2D eigenvalue weighted by atomic mass is 9.95. The van der Waals surface area contributed by atoms with Crippen LogP contribution < -0.4 is 9.64 Å². The van der Waals surface area contributed by atoms with E-state index in [2.05, 4.69) is 0 Å². The highest BCUT2D eigenvalue weighted by Crippen LogP contribution is 2.47. The molecule has 8 heteroatoms. The molecule has 0 saturated heterocycles. The number of carbonyl (C=O) groups excluding carboxylic acids is 3. The summed E-state index contributed by atoms with van der Waals surface area (Å²) in [6.07, 6.45) is 0.0808. The molecule has 204 valence electrons. The third kappa shape index (κ3) is 5.90. The number of anilines is 1. The van der Waals surface area contributed by atoms with Crippen LogP contribution in [-0.2, 0) is 32.0 Å². The first-order valence-corrected chi connectivity index (χ1v) is 13.0. The highest BCUT2D eigenvalue weighted by molar-refractivity contribution is 5.93. The molecule has 0 radical (unpaired) electrons. The number of carbonyl (C=O) groups is 3. The van der Waals surface area contributed by atoms with Crippen LogP contribution in [0.2, 0.25) is 0 Å². The number of ether oxygens (including phenoxy) is 3. The summed E-state index contributed by atoms with van der Waals surface area (Å²) < 4.78 is 16.7. The predicted octanol–water partition coefficient (Wildman–Crippen LogP) is 5.99. The SMILES string of the molecule is CCOC(=O)C(C)c1cccc(Oc2ccc(N(C)C(C)=O)c3c2CN(C(=O)OC)[C@@H]3Cc2ccccc2)c1. The highest BCUT2D eigenvalue weighted by Gasteiger charge is 2.39. The van der Waals surface area contributed by atoms with Crippen LogP contribution in [0.3, 0.4) is 0 Å². The van der Waals surface area contributed by atoms with Gasteiger partial charge in [-0.2, -0.15) is 0 Å². The lowest BCUT2D eigenvalue weighted by Gasteiger charge is -2.27. The van der Waals surface area contributed by atoms with Crippen molar-refractivity contribution >= 4 is 23.7 Å². The van der Waals surface area contributed by atoms with Crippen LogP contribution in [0, 0.1) is 0 Å². The zero-order valence-corrected chi connectivity index (χ0v) is 23.0. The number of nitrogens with zero attached hydrogens (tertiary/aromatic N) is 2. The van der Waals surface area contributed by atoms with Crippen LogP contribution in [0.4, 0.5) is 10.5 Å². The standard InChI is InChI=1S/C31H34N2O6/c1-6-38-30(35)20(2)23-13-10-14-24(18-23)39-28-16-15-26(32(4)21(3)34)29-25(28)19-33(31(36)37-5)27(29)17-22-11-8-7-9-12-22/h7-16,18,20,27H,6,17,19H2,1-5H3/t20?,27-/m1/s1. The topological polar surface area (TPSA) is 85.4 Å². The molecule has 1 aliphatic heterocycles. The zero-order valence-electron chi connectivity index (χ0n) is 23.0. The maximum atomic E-state index is 12.9. The Labute approximate surface area is 229 Å². The molecule has 0 N–H and O–H groups in total. The molecule has 1 aliphatic rings. The normalized spacial score (nSPS) is 14.8. The average molecular weight is 531 g/mol. The van der Waals surface area contributed by atoms with Crippen molar-refractivity contribution in [2.24, 2.45) is 0 Å². The van der Waals surface area contributed by atoms with Crippen molar-refractivity contribution in [2.75, 3.05) is 25.7 Å². The molecule has 1 unspecified atom stereocenters. The summed E-state index contributed by atoms with van der Waals surface area (Å²) >= 11 is 0. The molecule has 1 heterocycles. The van der Waals surface area contributed by atoms with Gasteiger partial charge in [0.15, 0.2) is 0 Å². The Morgan fingerprint density at radius 1 is 1.05 bits per heavy atom. The molecule has 0 bridgehead atoms. The van der Waals surface area contributed by atoms with Crippen LogP contribution in [0.1, 0.15) is 55.0 Å². The smallest absolute Gasteiger partial charge is 0.410 e. The van der Waals surface area contributed by atoms with Gasteiger partial charge in [0.05, 0.1) is 32.2 Å². The van der Waals surface area contributed by atoms with Crippen molar-refractivity contribution in [1.29, 1.82) is 0 Å². The van der Waals surface area contributed by atoms with Gasteiger partial charge in [0.25, 0.3) is 0 Å². The van der Waals surface area contributed by atoms with Crippen LogP contribution in [0.15, 0.2) is 66.7 Å². The molecule has 0 fully saturated rings. The van der Waals surface area contributed by atoms with E-state index in [4.69, 9.17) is 14.2 Å². The van der Waals surface area contributed by atoms with E-state index in [1.54, 1.807) is 30.7 Å². The van der Waals surface area contributed by atoms with Crippen molar-refractivity contribution in [1.82, 2.24) is 4.90 Å². The molecule has 39 heavy (non-hydrogen) atoms. The average Bonchev–Trinajstić information content (AvgIpc) is 3.32. The molecule has 4 rings (SSSR count).